The van der Waals surface area contributed by atoms with Gasteiger partial charge in [0.15, 0.2) is 0 Å². The molecule has 10 aromatic rings. The summed E-state index contributed by atoms with van der Waals surface area (Å²) in [4.78, 5) is 25.0. The van der Waals surface area contributed by atoms with Crippen molar-refractivity contribution in [3.8, 4) is 33.8 Å². The molecule has 0 saturated heterocycles. The Morgan fingerprint density at radius 3 is 1.46 bits per heavy atom. The maximum absolute atomic E-state index is 6.33. The van der Waals surface area contributed by atoms with Gasteiger partial charge in [0.25, 0.3) is 0 Å². The summed E-state index contributed by atoms with van der Waals surface area (Å²) in [5.41, 5.74) is 19.5. The van der Waals surface area contributed by atoms with Gasteiger partial charge in [-0.2, -0.15) is 10.2 Å². The third-order valence-electron chi connectivity index (χ3n) is 12.0. The van der Waals surface area contributed by atoms with Crippen LogP contribution in [0.2, 0.25) is 5.15 Å². The van der Waals surface area contributed by atoms with Crippen LogP contribution in [0.15, 0.2) is 45.7 Å². The Bertz CT molecular complexity index is 4390. The summed E-state index contributed by atoms with van der Waals surface area (Å²) < 4.78 is 25.7. The molecule has 10 rings (SSSR count). The molecule has 0 aliphatic heterocycles. The molecule has 0 amide bonds. The summed E-state index contributed by atoms with van der Waals surface area (Å²) >= 11 is 15.7. The van der Waals surface area contributed by atoms with Crippen molar-refractivity contribution in [2.45, 2.75) is 87.5 Å². The minimum atomic E-state index is 0.334. The van der Waals surface area contributed by atoms with E-state index in [1.165, 1.54) is 23.3 Å². The van der Waals surface area contributed by atoms with Gasteiger partial charge in [-0.3, -0.25) is 9.36 Å². The third-order valence-corrected chi connectivity index (χ3v) is 34.5. The first-order valence-electron chi connectivity index (χ1n) is 24.0. The van der Waals surface area contributed by atoms with Gasteiger partial charge in [0.1, 0.15) is 51.1 Å². The van der Waals surface area contributed by atoms with E-state index in [0.717, 1.165) is 123 Å². The Hall–Kier alpha value is -4.41. The number of nitrogens with two attached hydrogens (primary N) is 1. The molecule has 8 heterocycles. The summed E-state index contributed by atoms with van der Waals surface area (Å²) in [6, 6.07) is 8.10. The minimum Gasteiger partial charge on any atom is -0.496 e. The fourth-order valence-corrected chi connectivity index (χ4v) is 33.9. The summed E-state index contributed by atoms with van der Waals surface area (Å²) in [6.07, 6.45) is 4.60. The van der Waals surface area contributed by atoms with E-state index in [9.17, 15) is 0 Å². The number of hydrogen-bond donors (Lipinski definition) is 3. The third kappa shape index (κ3) is 15.2. The van der Waals surface area contributed by atoms with E-state index in [1.807, 2.05) is 78.6 Å². The van der Waals surface area contributed by atoms with Crippen molar-refractivity contribution >= 4 is 181 Å². The minimum absolute atomic E-state index is 0.334. The quantitative estimate of drug-likeness (QED) is 0.121. The van der Waals surface area contributed by atoms with Crippen LogP contribution in [0.25, 0.3) is 66.1 Å². The van der Waals surface area contributed by atoms with Gasteiger partial charge in [0, 0.05) is 191 Å². The van der Waals surface area contributed by atoms with Crippen molar-refractivity contribution in [2.24, 2.45) is 14.1 Å². The summed E-state index contributed by atoms with van der Waals surface area (Å²) in [6.45, 7) is 19.9. The van der Waals surface area contributed by atoms with Gasteiger partial charge < -0.3 is 34.2 Å². The number of aromatic nitrogens is 12. The van der Waals surface area contributed by atoms with E-state index in [-0.39, 0.29) is 0 Å². The first-order chi connectivity index (χ1) is 38.3. The number of rotatable bonds is 8. The number of fused-ring (bicyclic) bond motifs is 6. The van der Waals surface area contributed by atoms with Gasteiger partial charge in [-0.1, -0.05) is 49.6 Å². The SMILES string of the molecule is CC(C)c1nn(C)cc1N.COc1cc2c(cc1-c1c(C)noc1C)[nH]c1nc(C)nc(Cc3cn(C)nc3C(C)C)c12.COc1cc2c(cc1-c1c(C)noc1C)[nH]c1nc(C)nc(Cl)c12.S=S=S=S=S=S=S=S=S=S=S=S=S. The fraction of sp³-hybridized carbons (Fsp3) is 0.347. The number of hydrogen-bond acceptors (Lipinski definition) is 15. The molecule has 4 N–H and O–H groups in total. The average Bonchev–Trinajstić information content (AvgIpc) is 4.31. The number of nitrogen functional groups attached to an aromatic ring is 1. The van der Waals surface area contributed by atoms with Crippen LogP contribution in [0.5, 0.6) is 11.5 Å². The van der Waals surface area contributed by atoms with Crippen molar-refractivity contribution in [1.29, 1.82) is 0 Å². The molecular weight excluding hydrogens is 1290 g/mol. The molecule has 8 aromatic heterocycles. The largest absolute Gasteiger partial charge is 0.496 e. The number of aryl methyl sites for hydroxylation is 8. The number of benzene rings is 2. The van der Waals surface area contributed by atoms with Gasteiger partial charge in [0.2, 0.25) is 0 Å². The maximum atomic E-state index is 6.33. The molecule has 0 aliphatic carbocycles. The van der Waals surface area contributed by atoms with Gasteiger partial charge in [0.05, 0.1) is 64.9 Å². The second kappa shape index (κ2) is 29.2. The number of nitrogens with zero attached hydrogens (tertiary/aromatic N) is 10. The number of nitrogens with one attached hydrogen (secondary N) is 2. The molecular formula is C49H56ClN13O4S13. The van der Waals surface area contributed by atoms with Crippen LogP contribution < -0.4 is 15.2 Å². The molecule has 2 aromatic carbocycles. The van der Waals surface area contributed by atoms with E-state index < -0.39 is 0 Å². The second-order valence-electron chi connectivity index (χ2n) is 18.2. The Morgan fingerprint density at radius 1 is 0.613 bits per heavy atom. The lowest BCUT2D eigenvalue weighted by Gasteiger charge is -2.10. The highest BCUT2D eigenvalue weighted by molar-refractivity contribution is 8.75. The Kier molecular flexibility index (Phi) is 23.1. The van der Waals surface area contributed by atoms with Gasteiger partial charge in [-0.25, -0.2) is 19.9 Å². The lowest BCUT2D eigenvalue weighted by atomic mass is 9.98. The van der Waals surface area contributed by atoms with Gasteiger partial charge >= 0.3 is 0 Å². The second-order valence-corrected chi connectivity index (χ2v) is 38.0. The molecule has 31 heteroatoms. The lowest BCUT2D eigenvalue weighted by Crippen LogP contribution is -2.01. The molecule has 0 radical (unpaired) electrons. The number of H-pyrrole nitrogens is 2. The van der Waals surface area contributed by atoms with Crippen LogP contribution in [0.4, 0.5) is 5.69 Å². The van der Waals surface area contributed by atoms with Crippen LogP contribution in [0.3, 0.4) is 0 Å². The van der Waals surface area contributed by atoms with E-state index in [0.29, 0.717) is 34.9 Å². The zero-order valence-corrected chi connectivity index (χ0v) is 57.1. The number of ether oxygens (including phenoxy) is 2. The smallest absolute Gasteiger partial charge is 0.143 e. The number of aromatic amines is 2. The fourth-order valence-electron chi connectivity index (χ4n) is 8.93. The van der Waals surface area contributed by atoms with E-state index in [4.69, 9.17) is 68.2 Å². The van der Waals surface area contributed by atoms with Crippen LogP contribution in [-0.2, 0) is 141 Å². The molecule has 0 fully saturated rings. The maximum Gasteiger partial charge on any atom is 0.143 e. The predicted octanol–water partition coefficient (Wildman–Crippen LogP) is 10.6. The van der Waals surface area contributed by atoms with E-state index in [2.05, 4.69) is 86.5 Å². The Labute approximate surface area is 508 Å². The first-order valence-corrected chi connectivity index (χ1v) is 40.3. The van der Waals surface area contributed by atoms with Crippen LogP contribution in [0, 0.1) is 41.5 Å². The van der Waals surface area contributed by atoms with Gasteiger partial charge in [-0.05, 0) is 83.2 Å². The summed E-state index contributed by atoms with van der Waals surface area (Å²) in [5, 5.41) is 21.2. The summed E-state index contributed by atoms with van der Waals surface area (Å²) in [7, 11) is 25.3. The van der Waals surface area contributed by atoms with Crippen LogP contribution >= 0.6 is 11.6 Å². The predicted molar refractivity (Wildman–Crippen MR) is 358 cm³/mol. The van der Waals surface area contributed by atoms with Crippen molar-refractivity contribution < 1.29 is 18.5 Å². The number of methoxy groups -OCH3 is 2. The number of halogens is 1. The van der Waals surface area contributed by atoms with Gasteiger partial charge in [-0.15, -0.1) is 0 Å². The van der Waals surface area contributed by atoms with Crippen molar-refractivity contribution in [1.82, 2.24) is 59.8 Å². The molecule has 426 valence electrons. The zero-order valence-electron chi connectivity index (χ0n) is 45.7. The zero-order chi connectivity index (χ0) is 57.9. The lowest BCUT2D eigenvalue weighted by molar-refractivity contribution is 0.393. The van der Waals surface area contributed by atoms with Crippen molar-refractivity contribution in [3.05, 3.63) is 99.0 Å². The highest BCUT2D eigenvalue weighted by Gasteiger charge is 2.23. The average molecular weight is 1340 g/mol. The molecule has 0 bridgehead atoms. The van der Waals surface area contributed by atoms with E-state index >= 15 is 0 Å². The normalized spacial score (nSPS) is 10.9. The summed E-state index contributed by atoms with van der Waals surface area (Å²) in [5.74, 6) is 5.09. The monoisotopic (exact) mass is 1340 g/mol. The van der Waals surface area contributed by atoms with E-state index in [1.54, 1.807) is 98.8 Å². The standard InChI is InChI=1S/C25H28N6O2.C17H15ClN4O2.C7H13N3.S13/c1-12(2)24-16(11-31(6)29-24)8-20-23-17-10-21(32-7)18(22-13(3)30-33-14(22)4)9-19(17)28-25(23)27-15(5)26-20;1-7-14(8(2)24-22-7)11-5-12-10(6-13(11)23-4)15-16(18)19-9(3)20-17(15)21-12;1-5(2)7-6(8)4-10(3)9-7;1-3-5-7-9-11-13-12-10-8-6-4-2/h9-12H,8H2,1-7H3,(H,26,27,28);5-6H,1-4H3,(H,19,20,21);4-5H,8H2,1-3H3;. The molecule has 80 heavy (non-hydrogen) atoms. The molecule has 0 saturated carbocycles. The Morgan fingerprint density at radius 2 is 1.05 bits per heavy atom. The molecule has 17 nitrogen and oxygen atoms in total. The number of anilines is 1. The molecule has 0 spiro atoms. The topological polar surface area (TPSA) is 215 Å². The molecule has 0 atom stereocenters. The van der Waals surface area contributed by atoms with Crippen molar-refractivity contribution in [2.75, 3.05) is 20.0 Å². The van der Waals surface area contributed by atoms with Crippen LogP contribution in [-0.4, -0.2) is 74.0 Å². The first kappa shape index (κ1) is 63.2. The van der Waals surface area contributed by atoms with Crippen molar-refractivity contribution in [3.63, 3.8) is 0 Å². The Balaban J connectivity index is 0.000000171. The highest BCUT2D eigenvalue weighted by atomic mass is 35.5. The molecule has 0 unspecified atom stereocenters. The highest BCUT2D eigenvalue weighted by Crippen LogP contribution is 2.42. The van der Waals surface area contributed by atoms with Crippen LogP contribution in [0.1, 0.15) is 96.7 Å². The molecule has 0 aliphatic rings.